The van der Waals surface area contributed by atoms with Gasteiger partial charge in [-0.3, -0.25) is 0 Å². The van der Waals surface area contributed by atoms with Gasteiger partial charge in [0.05, 0.1) is 4.90 Å². The molecule has 0 bridgehead atoms. The second-order valence-corrected chi connectivity index (χ2v) is 9.97. The lowest BCUT2D eigenvalue weighted by Gasteiger charge is -2.28. The van der Waals surface area contributed by atoms with Gasteiger partial charge >= 0.3 is 0 Å². The van der Waals surface area contributed by atoms with Crippen molar-refractivity contribution in [3.05, 3.63) is 76.6 Å². The highest BCUT2D eigenvalue weighted by atomic mass is 35.5. The number of fused-ring (bicyclic) bond motifs is 3. The molecule has 2 aromatic carbocycles. The van der Waals surface area contributed by atoms with E-state index in [1.807, 2.05) is 6.07 Å². The molecule has 0 aliphatic heterocycles. The zero-order valence-corrected chi connectivity index (χ0v) is 17.5. The van der Waals surface area contributed by atoms with Crippen LogP contribution in [0, 0.1) is 12.8 Å². The summed E-state index contributed by atoms with van der Waals surface area (Å²) in [6, 6.07) is 13.0. The second kappa shape index (κ2) is 6.65. The van der Waals surface area contributed by atoms with Crippen molar-refractivity contribution < 1.29 is 17.2 Å². The molecule has 1 aliphatic rings. The molecule has 5 rings (SSSR count). The van der Waals surface area contributed by atoms with Gasteiger partial charge in [0.2, 0.25) is 15.7 Å². The van der Waals surface area contributed by atoms with Gasteiger partial charge in [0.1, 0.15) is 0 Å². The van der Waals surface area contributed by atoms with Crippen LogP contribution in [-0.4, -0.2) is 23.6 Å². The van der Waals surface area contributed by atoms with Crippen molar-refractivity contribution in [1.29, 1.82) is 0 Å². The maximum absolute atomic E-state index is 16.8. The predicted molar refractivity (Wildman–Crippen MR) is 110 cm³/mol. The molecule has 2 aromatic heterocycles. The molecule has 0 saturated carbocycles. The lowest BCUT2D eigenvalue weighted by molar-refractivity contribution is 0.137. The van der Waals surface area contributed by atoms with Crippen molar-refractivity contribution in [2.45, 2.75) is 29.7 Å². The maximum Gasteiger partial charge on any atom is 0.294 e. The molecular weight excluding hydrogens is 429 g/mol. The van der Waals surface area contributed by atoms with Crippen LogP contribution < -0.4 is 0 Å². The summed E-state index contributed by atoms with van der Waals surface area (Å²) in [4.78, 5) is 3.13. The Kier molecular flexibility index (Phi) is 4.27. The molecule has 30 heavy (non-hydrogen) atoms. The van der Waals surface area contributed by atoms with Gasteiger partial charge in [0.25, 0.3) is 10.9 Å². The number of aromatic nitrogens is 3. The van der Waals surface area contributed by atoms with E-state index >= 15 is 4.39 Å². The molecule has 6 nitrogen and oxygen atoms in total. The van der Waals surface area contributed by atoms with Gasteiger partial charge in [-0.2, -0.15) is 0 Å². The van der Waals surface area contributed by atoms with Crippen LogP contribution in [0.3, 0.4) is 0 Å². The van der Waals surface area contributed by atoms with Gasteiger partial charge in [-0.05, 0) is 48.7 Å². The number of aryl methyl sites for hydroxylation is 1. The Hall–Kier alpha value is -2.71. The summed E-state index contributed by atoms with van der Waals surface area (Å²) in [5, 5.41) is 6.01. The van der Waals surface area contributed by atoms with E-state index in [-0.39, 0.29) is 23.6 Å². The third-order valence-electron chi connectivity index (χ3n) is 5.64. The summed E-state index contributed by atoms with van der Waals surface area (Å²) >= 11 is 6.14. The SMILES string of the molecule is Cc1nnc([C@](F)(C2Cc3[nH]c4ccc(Cl)cc4c3C2)S(=O)(=O)c2ccccc2)o1. The van der Waals surface area contributed by atoms with Crippen molar-refractivity contribution in [2.24, 2.45) is 5.92 Å². The van der Waals surface area contributed by atoms with Crippen molar-refractivity contribution in [1.82, 2.24) is 15.2 Å². The molecule has 1 unspecified atom stereocenters. The van der Waals surface area contributed by atoms with Gasteiger partial charge in [-0.15, -0.1) is 10.2 Å². The van der Waals surface area contributed by atoms with Gasteiger partial charge in [-0.25, -0.2) is 12.8 Å². The van der Waals surface area contributed by atoms with Crippen molar-refractivity contribution in [3.8, 4) is 0 Å². The molecule has 2 heterocycles. The van der Waals surface area contributed by atoms with Crippen LogP contribution in [0.2, 0.25) is 5.02 Å². The molecule has 4 aromatic rings. The molecule has 0 radical (unpaired) electrons. The summed E-state index contributed by atoms with van der Waals surface area (Å²) in [5.41, 5.74) is 2.53. The van der Waals surface area contributed by atoms with Crippen LogP contribution in [0.15, 0.2) is 57.8 Å². The Balaban J connectivity index is 1.65. The number of sulfone groups is 1. The van der Waals surface area contributed by atoms with Gasteiger partial charge in [0, 0.05) is 34.5 Å². The Morgan fingerprint density at radius 2 is 1.93 bits per heavy atom. The van der Waals surface area contributed by atoms with E-state index in [0.717, 1.165) is 22.2 Å². The number of benzene rings is 2. The highest BCUT2D eigenvalue weighted by Gasteiger charge is 2.59. The Morgan fingerprint density at radius 1 is 1.17 bits per heavy atom. The first kappa shape index (κ1) is 19.3. The first-order valence-electron chi connectivity index (χ1n) is 9.39. The van der Waals surface area contributed by atoms with E-state index in [4.69, 9.17) is 16.0 Å². The van der Waals surface area contributed by atoms with E-state index in [0.29, 0.717) is 5.02 Å². The van der Waals surface area contributed by atoms with Crippen LogP contribution in [0.1, 0.15) is 23.0 Å². The summed E-state index contributed by atoms with van der Waals surface area (Å²) < 4.78 is 49.2. The Morgan fingerprint density at radius 3 is 2.63 bits per heavy atom. The first-order chi connectivity index (χ1) is 14.3. The lowest BCUT2D eigenvalue weighted by Crippen LogP contribution is -2.40. The summed E-state index contributed by atoms with van der Waals surface area (Å²) in [7, 11) is -4.48. The number of aromatic amines is 1. The number of rotatable bonds is 4. The molecule has 0 fully saturated rings. The number of H-pyrrole nitrogens is 1. The van der Waals surface area contributed by atoms with E-state index in [1.54, 1.807) is 30.3 Å². The average Bonchev–Trinajstić information content (AvgIpc) is 3.43. The van der Waals surface area contributed by atoms with Crippen LogP contribution in [-0.2, 0) is 27.7 Å². The zero-order chi connectivity index (χ0) is 21.1. The minimum Gasteiger partial charge on any atom is -0.421 e. The molecule has 9 heteroatoms. The third-order valence-corrected chi connectivity index (χ3v) is 8.06. The largest absolute Gasteiger partial charge is 0.421 e. The number of hydrogen-bond acceptors (Lipinski definition) is 5. The van der Waals surface area contributed by atoms with Gasteiger partial charge in [-0.1, -0.05) is 29.8 Å². The van der Waals surface area contributed by atoms with Crippen molar-refractivity contribution in [3.63, 3.8) is 0 Å². The fourth-order valence-electron chi connectivity index (χ4n) is 4.23. The van der Waals surface area contributed by atoms with Gasteiger partial charge < -0.3 is 9.40 Å². The Labute approximate surface area is 177 Å². The number of hydrogen-bond donors (Lipinski definition) is 1. The summed E-state index contributed by atoms with van der Waals surface area (Å²) in [6.45, 7) is 1.50. The number of halogens is 2. The minimum absolute atomic E-state index is 0.101. The van der Waals surface area contributed by atoms with Crippen LogP contribution in [0.4, 0.5) is 4.39 Å². The number of alkyl halides is 1. The highest BCUT2D eigenvalue weighted by Crippen LogP contribution is 2.49. The van der Waals surface area contributed by atoms with E-state index in [9.17, 15) is 8.42 Å². The normalized spacial score (nSPS) is 18.4. The molecule has 0 saturated heterocycles. The molecule has 0 amide bonds. The van der Waals surface area contributed by atoms with Crippen LogP contribution in [0.25, 0.3) is 10.9 Å². The fourth-order valence-corrected chi connectivity index (χ4v) is 6.17. The second-order valence-electron chi connectivity index (χ2n) is 7.46. The zero-order valence-electron chi connectivity index (χ0n) is 15.9. The summed E-state index contributed by atoms with van der Waals surface area (Å²) in [5.74, 6) is -1.38. The van der Waals surface area contributed by atoms with E-state index in [2.05, 4.69) is 15.2 Å². The average molecular weight is 446 g/mol. The highest BCUT2D eigenvalue weighted by molar-refractivity contribution is 7.92. The quantitative estimate of drug-likeness (QED) is 0.498. The number of nitrogens with zero attached hydrogens (tertiary/aromatic N) is 2. The molecular formula is C21H17ClFN3O3S. The van der Waals surface area contributed by atoms with E-state index in [1.165, 1.54) is 19.1 Å². The van der Waals surface area contributed by atoms with Crippen molar-refractivity contribution >= 4 is 32.3 Å². The Bertz CT molecular complexity index is 1370. The fraction of sp³-hybridized carbons (Fsp3) is 0.238. The first-order valence-corrected chi connectivity index (χ1v) is 11.2. The van der Waals surface area contributed by atoms with E-state index < -0.39 is 26.6 Å². The molecule has 1 aliphatic carbocycles. The maximum atomic E-state index is 16.8. The minimum atomic E-state index is -4.48. The lowest BCUT2D eigenvalue weighted by atomic mass is 9.98. The topological polar surface area (TPSA) is 88.9 Å². The standard InChI is InChI=1S/C21H17ClFN3O3S/c1-12-25-26-20(29-12)21(23,30(27,28)15-5-3-2-4-6-15)13-9-16-17-11-14(22)7-8-18(17)24-19(16)10-13/h2-8,11,13,24H,9-10H2,1H3/t13?,21-/m0/s1. The van der Waals surface area contributed by atoms with Crippen LogP contribution >= 0.6 is 11.6 Å². The molecule has 0 spiro atoms. The summed E-state index contributed by atoms with van der Waals surface area (Å²) in [6.07, 6.45) is 0.380. The van der Waals surface area contributed by atoms with Crippen molar-refractivity contribution in [2.75, 3.05) is 0 Å². The smallest absolute Gasteiger partial charge is 0.294 e. The predicted octanol–water partition coefficient (Wildman–Crippen LogP) is 4.52. The van der Waals surface area contributed by atoms with Crippen LogP contribution in [0.5, 0.6) is 0 Å². The monoisotopic (exact) mass is 445 g/mol. The molecule has 154 valence electrons. The molecule has 2 atom stereocenters. The molecule has 1 N–H and O–H groups in total. The third kappa shape index (κ3) is 2.70. The number of nitrogens with one attached hydrogen (secondary N) is 1. The van der Waals surface area contributed by atoms with Gasteiger partial charge in [0.15, 0.2) is 0 Å².